The molecule has 0 amide bonds. The molecule has 1 aromatic carbocycles. The number of fused-ring (bicyclic) bond motifs is 5. The molecule has 5 rings (SSSR count). The number of allylic oxidation sites excluding steroid dienone is 1. The van der Waals surface area contributed by atoms with Crippen LogP contribution in [0.15, 0.2) is 34.9 Å². The number of carbonyl (C=O) groups is 1. The maximum Gasteiger partial charge on any atom is 0.302 e. The second kappa shape index (κ2) is 11.3. The highest BCUT2D eigenvalue weighted by Crippen LogP contribution is 2.67. The van der Waals surface area contributed by atoms with Crippen molar-refractivity contribution in [2.24, 2.45) is 45.5 Å². The van der Waals surface area contributed by atoms with Crippen LogP contribution >= 0.6 is 0 Å². The van der Waals surface area contributed by atoms with Crippen molar-refractivity contribution in [2.75, 3.05) is 12.0 Å². The highest BCUT2D eigenvalue weighted by Gasteiger charge is 2.62. The molecule has 1 N–H and O–H groups in total. The van der Waals surface area contributed by atoms with Crippen LogP contribution < -0.4 is 5.43 Å². The van der Waals surface area contributed by atoms with E-state index in [2.05, 4.69) is 30.5 Å². The number of nitro benzene ring substituents is 2. The maximum atomic E-state index is 11.8. The first kappa shape index (κ1) is 30.6. The van der Waals surface area contributed by atoms with Gasteiger partial charge in [0.05, 0.1) is 15.9 Å². The summed E-state index contributed by atoms with van der Waals surface area (Å²) in [6.45, 7) is 7.66. The standard InChI is InChI=1S/C30H39N5O8/c1-17(31-32-26-8-6-21(34(39)40)15-27(26)35(41)42)28-19(16-33(37)38)13-25-23-7-5-20-14-22(43-18(2)36)9-11-29(20,3)24(23)10-12-30(25,28)4/h5-6,8,15,19,22-25,28,32H,7,9-14,16H2,1-4H3/b31-17+/t19-,22-,23-,24+,25-,28-,29-,30-/m0/s1. The van der Waals surface area contributed by atoms with Crippen molar-refractivity contribution in [1.82, 2.24) is 0 Å². The minimum Gasteiger partial charge on any atom is -0.462 e. The Morgan fingerprint density at radius 3 is 2.47 bits per heavy atom. The second-order valence-corrected chi connectivity index (χ2v) is 13.3. The third kappa shape index (κ3) is 5.49. The van der Waals surface area contributed by atoms with Crippen LogP contribution in [0.2, 0.25) is 0 Å². The van der Waals surface area contributed by atoms with E-state index >= 15 is 0 Å². The number of benzene rings is 1. The van der Waals surface area contributed by atoms with Gasteiger partial charge in [0.25, 0.3) is 5.69 Å². The summed E-state index contributed by atoms with van der Waals surface area (Å²) in [6.07, 6.45) is 8.28. The van der Waals surface area contributed by atoms with Crippen LogP contribution in [0.1, 0.15) is 72.6 Å². The third-order valence-corrected chi connectivity index (χ3v) is 11.1. The van der Waals surface area contributed by atoms with Gasteiger partial charge < -0.3 is 4.74 Å². The zero-order valence-corrected chi connectivity index (χ0v) is 25.0. The molecule has 4 aliphatic carbocycles. The van der Waals surface area contributed by atoms with E-state index in [1.807, 2.05) is 6.92 Å². The Morgan fingerprint density at radius 1 is 1.07 bits per heavy atom. The average Bonchev–Trinajstić information content (AvgIpc) is 3.22. The molecule has 232 valence electrons. The molecule has 0 spiro atoms. The fraction of sp³-hybridized carbons (Fsp3) is 0.667. The van der Waals surface area contributed by atoms with E-state index in [1.165, 1.54) is 24.6 Å². The fourth-order valence-electron chi connectivity index (χ4n) is 9.43. The average molecular weight is 598 g/mol. The summed E-state index contributed by atoms with van der Waals surface area (Å²) in [6, 6.07) is 3.33. The molecular weight excluding hydrogens is 558 g/mol. The lowest BCUT2D eigenvalue weighted by atomic mass is 9.47. The van der Waals surface area contributed by atoms with Crippen molar-refractivity contribution in [2.45, 2.75) is 78.7 Å². The number of hydrogen-bond acceptors (Lipinski definition) is 10. The summed E-state index contributed by atoms with van der Waals surface area (Å²) >= 11 is 0. The number of non-ortho nitro benzene ring substituents is 1. The maximum absolute atomic E-state index is 11.8. The largest absolute Gasteiger partial charge is 0.462 e. The summed E-state index contributed by atoms with van der Waals surface area (Å²) in [5.74, 6) is 0.372. The summed E-state index contributed by atoms with van der Waals surface area (Å²) in [5.41, 5.74) is 3.69. The van der Waals surface area contributed by atoms with Crippen LogP contribution in [-0.4, -0.2) is 39.1 Å². The van der Waals surface area contributed by atoms with Crippen molar-refractivity contribution >= 4 is 28.7 Å². The lowest BCUT2D eigenvalue weighted by Gasteiger charge is -2.58. The Kier molecular flexibility index (Phi) is 8.03. The molecule has 4 aliphatic rings. The zero-order chi connectivity index (χ0) is 31.3. The number of carbonyl (C=O) groups excluding carboxylic acids is 1. The first-order valence-corrected chi connectivity index (χ1v) is 15.0. The number of anilines is 1. The smallest absolute Gasteiger partial charge is 0.302 e. The molecule has 0 radical (unpaired) electrons. The molecule has 8 atom stereocenters. The van der Waals surface area contributed by atoms with Crippen molar-refractivity contribution < 1.29 is 24.3 Å². The molecule has 0 aliphatic heterocycles. The number of nitro groups is 3. The Labute approximate surface area is 249 Å². The summed E-state index contributed by atoms with van der Waals surface area (Å²) in [5, 5.41) is 39.1. The van der Waals surface area contributed by atoms with Gasteiger partial charge in [-0.15, -0.1) is 0 Å². The van der Waals surface area contributed by atoms with Gasteiger partial charge in [0, 0.05) is 41.9 Å². The van der Waals surface area contributed by atoms with Gasteiger partial charge in [-0.1, -0.05) is 25.5 Å². The highest BCUT2D eigenvalue weighted by atomic mass is 16.6. The molecule has 43 heavy (non-hydrogen) atoms. The monoisotopic (exact) mass is 597 g/mol. The van der Waals surface area contributed by atoms with Gasteiger partial charge in [-0.2, -0.15) is 5.10 Å². The van der Waals surface area contributed by atoms with Crippen LogP contribution in [-0.2, 0) is 9.53 Å². The summed E-state index contributed by atoms with van der Waals surface area (Å²) in [4.78, 5) is 44.5. The van der Waals surface area contributed by atoms with E-state index in [4.69, 9.17) is 4.74 Å². The molecule has 0 unspecified atom stereocenters. The number of hydrazone groups is 1. The van der Waals surface area contributed by atoms with Crippen molar-refractivity contribution in [3.63, 3.8) is 0 Å². The summed E-state index contributed by atoms with van der Waals surface area (Å²) < 4.78 is 5.56. The topological polar surface area (TPSA) is 180 Å². The number of ether oxygens (including phenoxy) is 1. The second-order valence-electron chi connectivity index (χ2n) is 13.3. The van der Waals surface area contributed by atoms with Crippen LogP contribution in [0.5, 0.6) is 0 Å². The van der Waals surface area contributed by atoms with Gasteiger partial charge in [-0.05, 0) is 80.1 Å². The first-order valence-electron chi connectivity index (χ1n) is 15.0. The Morgan fingerprint density at radius 2 is 1.81 bits per heavy atom. The van der Waals surface area contributed by atoms with E-state index in [-0.39, 0.29) is 57.8 Å². The predicted molar refractivity (Wildman–Crippen MR) is 158 cm³/mol. The number of rotatable bonds is 8. The van der Waals surface area contributed by atoms with Gasteiger partial charge in [-0.3, -0.25) is 40.6 Å². The lowest BCUT2D eigenvalue weighted by Crippen LogP contribution is -2.51. The molecular formula is C30H39N5O8. The van der Waals surface area contributed by atoms with E-state index in [0.717, 1.165) is 44.6 Å². The molecule has 0 heterocycles. The first-order chi connectivity index (χ1) is 20.2. The molecule has 0 saturated heterocycles. The molecule has 13 nitrogen and oxygen atoms in total. The Bertz CT molecular complexity index is 1410. The van der Waals surface area contributed by atoms with E-state index in [1.54, 1.807) is 0 Å². The number of nitrogens with one attached hydrogen (secondary N) is 1. The van der Waals surface area contributed by atoms with Gasteiger partial charge in [0.2, 0.25) is 6.54 Å². The SMILES string of the molecule is CC(=O)O[C@H]1CC[C@@]2(C)C(=CC[C@H]3[C@H]2CC[C@@]2(C)[C@H]3C[C@@H](C[N+](=O)[O-])[C@@H]2/C(C)=N/Nc2ccc([N+](=O)[O-])cc2[N+](=O)[O-])C1. The predicted octanol–water partition coefficient (Wildman–Crippen LogP) is 6.30. The number of esters is 1. The number of nitrogens with zero attached hydrogens (tertiary/aromatic N) is 4. The fourth-order valence-corrected chi connectivity index (χ4v) is 9.43. The molecule has 3 fully saturated rings. The van der Waals surface area contributed by atoms with E-state index in [0.29, 0.717) is 24.0 Å². The molecule has 0 aromatic heterocycles. The third-order valence-electron chi connectivity index (χ3n) is 11.1. The lowest BCUT2D eigenvalue weighted by molar-refractivity contribution is -0.489. The van der Waals surface area contributed by atoms with Crippen LogP contribution in [0.3, 0.4) is 0 Å². The number of hydrogen-bond donors (Lipinski definition) is 1. The molecule has 13 heteroatoms. The highest BCUT2D eigenvalue weighted by molar-refractivity contribution is 5.87. The van der Waals surface area contributed by atoms with Crippen LogP contribution in [0, 0.1) is 70.8 Å². The van der Waals surface area contributed by atoms with E-state index < -0.39 is 21.2 Å². The summed E-state index contributed by atoms with van der Waals surface area (Å²) in [7, 11) is 0. The Balaban J connectivity index is 1.43. The zero-order valence-electron chi connectivity index (χ0n) is 25.0. The van der Waals surface area contributed by atoms with E-state index in [9.17, 15) is 35.1 Å². The van der Waals surface area contributed by atoms with Gasteiger partial charge in [0.15, 0.2) is 0 Å². The van der Waals surface area contributed by atoms with Gasteiger partial charge in [0.1, 0.15) is 11.8 Å². The molecule has 1 aromatic rings. The molecule has 3 saturated carbocycles. The molecule has 0 bridgehead atoms. The minimum atomic E-state index is -0.699. The van der Waals surface area contributed by atoms with Crippen molar-refractivity contribution in [3.8, 4) is 0 Å². The van der Waals surface area contributed by atoms with Crippen molar-refractivity contribution in [3.05, 3.63) is 60.2 Å². The quantitative estimate of drug-likeness (QED) is 0.118. The van der Waals surface area contributed by atoms with Crippen molar-refractivity contribution in [1.29, 1.82) is 0 Å². The normalized spacial score (nSPS) is 35.1. The Hall–Kier alpha value is -3.90. The van der Waals surface area contributed by atoms with Gasteiger partial charge in [-0.25, -0.2) is 0 Å². The van der Waals surface area contributed by atoms with Gasteiger partial charge >= 0.3 is 11.7 Å². The minimum absolute atomic E-state index is 0.0110. The van der Waals surface area contributed by atoms with Crippen LogP contribution in [0.25, 0.3) is 0 Å². The van der Waals surface area contributed by atoms with Crippen LogP contribution in [0.4, 0.5) is 17.1 Å².